The van der Waals surface area contributed by atoms with Crippen molar-refractivity contribution in [3.8, 4) is 6.07 Å². The molecule has 108 valence electrons. The monoisotopic (exact) mass is 283 g/mol. The summed E-state index contributed by atoms with van der Waals surface area (Å²) in [5.41, 5.74) is 0.911. The highest BCUT2D eigenvalue weighted by Crippen LogP contribution is 2.46. The van der Waals surface area contributed by atoms with Crippen molar-refractivity contribution in [3.63, 3.8) is 0 Å². The maximum absolute atomic E-state index is 12.5. The van der Waals surface area contributed by atoms with Crippen LogP contribution >= 0.6 is 0 Å². The van der Waals surface area contributed by atoms with Gasteiger partial charge in [0.15, 0.2) is 0 Å². The zero-order valence-electron chi connectivity index (χ0n) is 12.1. The van der Waals surface area contributed by atoms with Gasteiger partial charge < -0.3 is 10.2 Å². The molecule has 0 radical (unpaired) electrons. The molecule has 21 heavy (non-hydrogen) atoms. The minimum atomic E-state index is -0.776. The Morgan fingerprint density at radius 2 is 2.19 bits per heavy atom. The van der Waals surface area contributed by atoms with E-state index in [0.29, 0.717) is 6.42 Å². The Hall–Kier alpha value is -2.35. The van der Waals surface area contributed by atoms with E-state index in [4.69, 9.17) is 0 Å². The van der Waals surface area contributed by atoms with Gasteiger partial charge in [-0.05, 0) is 11.6 Å². The highest BCUT2D eigenvalue weighted by atomic mass is 16.2. The van der Waals surface area contributed by atoms with Gasteiger partial charge in [-0.25, -0.2) is 0 Å². The van der Waals surface area contributed by atoms with Crippen molar-refractivity contribution in [1.29, 1.82) is 5.26 Å². The largest absolute Gasteiger partial charge is 0.325 e. The Morgan fingerprint density at radius 1 is 1.48 bits per heavy atom. The number of anilines is 1. The lowest BCUT2D eigenvalue weighted by Gasteiger charge is -2.24. The molecule has 2 atom stereocenters. The number of amides is 2. The maximum atomic E-state index is 12.5. The van der Waals surface area contributed by atoms with Gasteiger partial charge in [-0.15, -0.1) is 0 Å². The van der Waals surface area contributed by atoms with Crippen molar-refractivity contribution in [1.82, 2.24) is 4.90 Å². The fraction of sp³-hybridized carbons (Fsp3) is 0.438. The number of nitriles is 1. The molecule has 1 spiro atoms. The van der Waals surface area contributed by atoms with Crippen LogP contribution in [0.15, 0.2) is 24.3 Å². The van der Waals surface area contributed by atoms with E-state index in [2.05, 4.69) is 11.4 Å². The van der Waals surface area contributed by atoms with Gasteiger partial charge in [0.25, 0.3) is 0 Å². The third-order valence-corrected chi connectivity index (χ3v) is 4.41. The number of para-hydroxylation sites is 1. The van der Waals surface area contributed by atoms with E-state index in [-0.39, 0.29) is 24.3 Å². The molecule has 0 unspecified atom stereocenters. The van der Waals surface area contributed by atoms with Gasteiger partial charge in [0.2, 0.25) is 11.8 Å². The molecule has 1 saturated heterocycles. The second kappa shape index (κ2) is 4.59. The summed E-state index contributed by atoms with van der Waals surface area (Å²) < 4.78 is 0. The predicted octanol–water partition coefficient (Wildman–Crippen LogP) is 1.66. The summed E-state index contributed by atoms with van der Waals surface area (Å²) in [6.45, 7) is 3.90. The summed E-state index contributed by atoms with van der Waals surface area (Å²) in [5, 5.41) is 12.2. The van der Waals surface area contributed by atoms with Gasteiger partial charge in [-0.3, -0.25) is 9.59 Å². The van der Waals surface area contributed by atoms with Crippen molar-refractivity contribution in [3.05, 3.63) is 29.8 Å². The van der Waals surface area contributed by atoms with E-state index in [0.717, 1.165) is 11.3 Å². The van der Waals surface area contributed by atoms with Gasteiger partial charge >= 0.3 is 0 Å². The van der Waals surface area contributed by atoms with Crippen LogP contribution in [0.3, 0.4) is 0 Å². The maximum Gasteiger partial charge on any atom is 0.237 e. The molecular formula is C16H17N3O2. The number of hydrogen-bond acceptors (Lipinski definition) is 3. The van der Waals surface area contributed by atoms with Gasteiger partial charge in [0.1, 0.15) is 6.04 Å². The zero-order chi connectivity index (χ0) is 15.2. The SMILES string of the molecule is CC(C)C(=O)N1C[C@]2(C[C@H]1C#N)C(=O)Nc1ccccc12. The number of carbonyl (C=O) groups is 2. The molecule has 0 aliphatic carbocycles. The van der Waals surface area contributed by atoms with Gasteiger partial charge in [0, 0.05) is 24.6 Å². The number of likely N-dealkylation sites (tertiary alicyclic amines) is 1. The summed E-state index contributed by atoms with van der Waals surface area (Å²) >= 11 is 0. The smallest absolute Gasteiger partial charge is 0.237 e. The van der Waals surface area contributed by atoms with Crippen LogP contribution < -0.4 is 5.32 Å². The van der Waals surface area contributed by atoms with E-state index >= 15 is 0 Å². The Bertz CT molecular complexity index is 662. The fourth-order valence-electron chi connectivity index (χ4n) is 3.32. The van der Waals surface area contributed by atoms with Crippen LogP contribution in [0, 0.1) is 17.2 Å². The average Bonchev–Trinajstić information content (AvgIpc) is 2.99. The average molecular weight is 283 g/mol. The minimum Gasteiger partial charge on any atom is -0.325 e. The number of carbonyl (C=O) groups excluding carboxylic acids is 2. The predicted molar refractivity (Wildman–Crippen MR) is 77.3 cm³/mol. The van der Waals surface area contributed by atoms with Gasteiger partial charge in [-0.2, -0.15) is 5.26 Å². The summed E-state index contributed by atoms with van der Waals surface area (Å²) in [7, 11) is 0. The summed E-state index contributed by atoms with van der Waals surface area (Å²) in [4.78, 5) is 26.4. The molecule has 3 rings (SSSR count). The van der Waals surface area contributed by atoms with Crippen molar-refractivity contribution in [2.24, 2.45) is 5.92 Å². The van der Waals surface area contributed by atoms with Crippen molar-refractivity contribution in [2.75, 3.05) is 11.9 Å². The minimum absolute atomic E-state index is 0.0735. The lowest BCUT2D eigenvalue weighted by molar-refractivity contribution is -0.134. The van der Waals surface area contributed by atoms with Crippen LogP contribution in [0.1, 0.15) is 25.8 Å². The first kappa shape index (κ1) is 13.6. The van der Waals surface area contributed by atoms with E-state index in [1.165, 1.54) is 0 Å². The lowest BCUT2D eigenvalue weighted by Crippen LogP contribution is -2.41. The van der Waals surface area contributed by atoms with Gasteiger partial charge in [-0.1, -0.05) is 32.0 Å². The Labute approximate surface area is 123 Å². The molecule has 0 saturated carbocycles. The number of hydrogen-bond donors (Lipinski definition) is 1. The summed E-state index contributed by atoms with van der Waals surface area (Å²) in [5.74, 6) is -0.366. The molecule has 1 N–H and O–H groups in total. The molecule has 0 aromatic heterocycles. The van der Waals surface area contributed by atoms with E-state index in [1.807, 2.05) is 38.1 Å². The normalized spacial score (nSPS) is 26.9. The third kappa shape index (κ3) is 1.83. The first-order valence-corrected chi connectivity index (χ1v) is 7.10. The third-order valence-electron chi connectivity index (χ3n) is 4.41. The number of benzene rings is 1. The van der Waals surface area contributed by atoms with Crippen molar-refractivity contribution >= 4 is 17.5 Å². The summed E-state index contributed by atoms with van der Waals surface area (Å²) in [6.07, 6.45) is 0.366. The molecule has 2 aliphatic rings. The molecule has 5 nitrogen and oxygen atoms in total. The second-order valence-corrected chi connectivity index (χ2v) is 6.05. The first-order valence-electron chi connectivity index (χ1n) is 7.10. The number of nitrogens with one attached hydrogen (secondary N) is 1. The van der Waals surface area contributed by atoms with E-state index in [9.17, 15) is 14.9 Å². The second-order valence-electron chi connectivity index (χ2n) is 6.05. The highest BCUT2D eigenvalue weighted by molar-refractivity contribution is 6.07. The number of nitrogens with zero attached hydrogens (tertiary/aromatic N) is 2. The van der Waals surface area contributed by atoms with E-state index < -0.39 is 11.5 Å². The van der Waals surface area contributed by atoms with Crippen LogP contribution in [-0.4, -0.2) is 29.3 Å². The molecule has 1 aromatic carbocycles. The van der Waals surface area contributed by atoms with E-state index in [1.54, 1.807) is 4.90 Å². The van der Waals surface area contributed by atoms with Crippen LogP contribution in [0.25, 0.3) is 0 Å². The zero-order valence-corrected chi connectivity index (χ0v) is 12.1. The van der Waals surface area contributed by atoms with Crippen molar-refractivity contribution in [2.45, 2.75) is 31.7 Å². The number of fused-ring (bicyclic) bond motifs is 2. The van der Waals surface area contributed by atoms with Crippen molar-refractivity contribution < 1.29 is 9.59 Å². The Kier molecular flexibility index (Phi) is 2.98. The topological polar surface area (TPSA) is 73.2 Å². The number of rotatable bonds is 1. The lowest BCUT2D eigenvalue weighted by atomic mass is 9.80. The standard InChI is InChI=1S/C16H17N3O2/c1-10(2)14(20)19-9-16(7-11(19)8-17)12-5-3-4-6-13(12)18-15(16)21/h3-6,10-11H,7,9H2,1-2H3,(H,18,21)/t11-,16-/m0/s1. The first-order chi connectivity index (χ1) is 9.99. The molecule has 0 bridgehead atoms. The highest BCUT2D eigenvalue weighted by Gasteiger charge is 2.55. The Balaban J connectivity index is 2.03. The quantitative estimate of drug-likeness (QED) is 0.851. The molecule has 1 aromatic rings. The molecule has 1 fully saturated rings. The molecular weight excluding hydrogens is 266 g/mol. The molecule has 2 amide bonds. The van der Waals surface area contributed by atoms with Crippen LogP contribution in [0.4, 0.5) is 5.69 Å². The molecule has 2 aliphatic heterocycles. The fourth-order valence-corrected chi connectivity index (χ4v) is 3.32. The Morgan fingerprint density at radius 3 is 2.86 bits per heavy atom. The van der Waals surface area contributed by atoms with Crippen LogP contribution in [0.2, 0.25) is 0 Å². The van der Waals surface area contributed by atoms with Crippen LogP contribution in [-0.2, 0) is 15.0 Å². The van der Waals surface area contributed by atoms with Gasteiger partial charge in [0.05, 0.1) is 11.5 Å². The summed E-state index contributed by atoms with van der Waals surface area (Å²) in [6, 6.07) is 9.15. The van der Waals surface area contributed by atoms with Crippen LogP contribution in [0.5, 0.6) is 0 Å². The molecule has 2 heterocycles. The molecule has 5 heteroatoms.